The van der Waals surface area contributed by atoms with Gasteiger partial charge < -0.3 is 19.3 Å². The van der Waals surface area contributed by atoms with Crippen LogP contribution in [-0.4, -0.2) is 48.4 Å². The van der Waals surface area contributed by atoms with Crippen molar-refractivity contribution >= 4 is 17.9 Å². The summed E-state index contributed by atoms with van der Waals surface area (Å²) in [6.07, 6.45) is -2.45. The van der Waals surface area contributed by atoms with Crippen LogP contribution in [0.15, 0.2) is 12.2 Å². The summed E-state index contributed by atoms with van der Waals surface area (Å²) >= 11 is 0. The third-order valence-corrected chi connectivity index (χ3v) is 1.88. The van der Waals surface area contributed by atoms with Crippen LogP contribution in [0.25, 0.3) is 0 Å². The highest BCUT2D eigenvalue weighted by atomic mass is 16.6. The van der Waals surface area contributed by atoms with Gasteiger partial charge in [0.25, 0.3) is 0 Å². The van der Waals surface area contributed by atoms with E-state index in [-0.39, 0.29) is 18.8 Å². The minimum atomic E-state index is -1.31. The van der Waals surface area contributed by atoms with E-state index in [1.165, 1.54) is 20.8 Å². The molecule has 108 valence electrons. The number of hydrogen-bond donors (Lipinski definition) is 1. The van der Waals surface area contributed by atoms with E-state index < -0.39 is 30.1 Å². The van der Waals surface area contributed by atoms with Gasteiger partial charge >= 0.3 is 17.9 Å². The molecule has 0 aliphatic rings. The topological polar surface area (TPSA) is 99.1 Å². The van der Waals surface area contributed by atoms with E-state index in [0.717, 1.165) is 0 Å². The molecule has 0 aromatic carbocycles. The Labute approximate surface area is 111 Å². The molecule has 0 bridgehead atoms. The molecule has 0 fully saturated rings. The molecule has 0 rings (SSSR count). The lowest BCUT2D eigenvalue weighted by Gasteiger charge is -2.13. The molecule has 0 amide bonds. The Kier molecular flexibility index (Phi) is 7.43. The van der Waals surface area contributed by atoms with Crippen LogP contribution in [0.2, 0.25) is 0 Å². The molecule has 1 N–H and O–H groups in total. The van der Waals surface area contributed by atoms with Crippen molar-refractivity contribution in [2.24, 2.45) is 0 Å². The van der Waals surface area contributed by atoms with Gasteiger partial charge in [-0.05, 0) is 20.8 Å². The van der Waals surface area contributed by atoms with Crippen molar-refractivity contribution in [2.45, 2.75) is 33.0 Å². The summed E-state index contributed by atoms with van der Waals surface area (Å²) in [6.45, 7) is 7.13. The predicted octanol–water partition coefficient (Wildman–Crippen LogP) is -0.0386. The van der Waals surface area contributed by atoms with E-state index in [1.54, 1.807) is 0 Å². The maximum atomic E-state index is 11.3. The smallest absolute Gasteiger partial charge is 0.347 e. The van der Waals surface area contributed by atoms with Crippen LogP contribution >= 0.6 is 0 Å². The summed E-state index contributed by atoms with van der Waals surface area (Å²) in [5.74, 6) is -2.29. The van der Waals surface area contributed by atoms with Gasteiger partial charge in [0.2, 0.25) is 0 Å². The fourth-order valence-corrected chi connectivity index (χ4v) is 0.838. The number of aliphatic hydroxyl groups excluding tert-OH is 1. The summed E-state index contributed by atoms with van der Waals surface area (Å²) in [7, 11) is 0. The van der Waals surface area contributed by atoms with Gasteiger partial charge in [0.1, 0.15) is 19.3 Å². The van der Waals surface area contributed by atoms with Gasteiger partial charge in [0.15, 0.2) is 6.10 Å². The summed E-state index contributed by atoms with van der Waals surface area (Å²) in [5, 5.41) is 8.89. The highest BCUT2D eigenvalue weighted by Crippen LogP contribution is 1.99. The Hall–Kier alpha value is -1.89. The Balaban J connectivity index is 3.89. The maximum Gasteiger partial charge on any atom is 0.347 e. The molecule has 0 radical (unpaired) electrons. The van der Waals surface area contributed by atoms with Crippen molar-refractivity contribution in [3.05, 3.63) is 12.2 Å². The van der Waals surface area contributed by atoms with Crippen LogP contribution < -0.4 is 0 Å². The lowest BCUT2D eigenvalue weighted by atomic mass is 10.4. The Morgan fingerprint density at radius 3 is 2.11 bits per heavy atom. The molecule has 0 saturated carbocycles. The van der Waals surface area contributed by atoms with E-state index in [4.69, 9.17) is 9.84 Å². The van der Waals surface area contributed by atoms with Gasteiger partial charge in [-0.25, -0.2) is 14.4 Å². The molecule has 19 heavy (non-hydrogen) atoms. The molecule has 7 heteroatoms. The van der Waals surface area contributed by atoms with Crippen molar-refractivity contribution in [3.8, 4) is 0 Å². The van der Waals surface area contributed by atoms with Crippen LogP contribution in [-0.2, 0) is 28.6 Å². The zero-order valence-corrected chi connectivity index (χ0v) is 11.2. The summed E-state index contributed by atoms with van der Waals surface area (Å²) in [5.41, 5.74) is 0.241. The van der Waals surface area contributed by atoms with Gasteiger partial charge in [0.05, 0.1) is 0 Å². The first-order valence-corrected chi connectivity index (χ1v) is 5.63. The molecule has 0 aromatic heterocycles. The van der Waals surface area contributed by atoms with E-state index in [1.807, 2.05) is 0 Å². The molecule has 0 heterocycles. The van der Waals surface area contributed by atoms with Crippen molar-refractivity contribution in [1.82, 2.24) is 0 Å². The van der Waals surface area contributed by atoms with Crippen LogP contribution in [0.4, 0.5) is 0 Å². The van der Waals surface area contributed by atoms with Crippen LogP contribution in [0.3, 0.4) is 0 Å². The van der Waals surface area contributed by atoms with Crippen molar-refractivity contribution < 1.29 is 33.7 Å². The van der Waals surface area contributed by atoms with E-state index in [9.17, 15) is 14.4 Å². The fourth-order valence-electron chi connectivity index (χ4n) is 0.838. The van der Waals surface area contributed by atoms with Crippen molar-refractivity contribution in [2.75, 3.05) is 13.2 Å². The van der Waals surface area contributed by atoms with Crippen molar-refractivity contribution in [1.29, 1.82) is 0 Å². The molecular weight excluding hydrogens is 256 g/mol. The Morgan fingerprint density at radius 2 is 1.63 bits per heavy atom. The molecule has 0 aromatic rings. The first-order valence-electron chi connectivity index (χ1n) is 5.63. The lowest BCUT2D eigenvalue weighted by molar-refractivity contribution is -0.172. The molecule has 0 aliphatic heterocycles. The van der Waals surface area contributed by atoms with Crippen molar-refractivity contribution in [3.63, 3.8) is 0 Å². The number of carbonyl (C=O) groups excluding carboxylic acids is 3. The van der Waals surface area contributed by atoms with Crippen LogP contribution in [0, 0.1) is 0 Å². The van der Waals surface area contributed by atoms with E-state index >= 15 is 0 Å². The summed E-state index contributed by atoms with van der Waals surface area (Å²) in [6, 6.07) is 0. The molecule has 2 unspecified atom stereocenters. The number of esters is 3. The number of ether oxygens (including phenoxy) is 3. The molecule has 2 atom stereocenters. The van der Waals surface area contributed by atoms with Gasteiger partial charge in [-0.2, -0.15) is 0 Å². The van der Waals surface area contributed by atoms with Crippen LogP contribution in [0.5, 0.6) is 0 Å². The van der Waals surface area contributed by atoms with Crippen LogP contribution in [0.1, 0.15) is 20.8 Å². The van der Waals surface area contributed by atoms with Gasteiger partial charge in [-0.15, -0.1) is 0 Å². The number of carbonyl (C=O) groups is 3. The fraction of sp³-hybridized carbons (Fsp3) is 0.583. The molecule has 0 spiro atoms. The van der Waals surface area contributed by atoms with E-state index in [0.29, 0.717) is 0 Å². The minimum Gasteiger partial charge on any atom is -0.459 e. The zero-order chi connectivity index (χ0) is 15.0. The first kappa shape index (κ1) is 17.1. The highest BCUT2D eigenvalue weighted by molar-refractivity contribution is 5.86. The Morgan fingerprint density at radius 1 is 1.11 bits per heavy atom. The zero-order valence-electron chi connectivity index (χ0n) is 11.2. The van der Waals surface area contributed by atoms with Gasteiger partial charge in [0, 0.05) is 5.57 Å². The molecule has 0 saturated heterocycles. The quantitative estimate of drug-likeness (QED) is 0.301. The second-order valence-electron chi connectivity index (χ2n) is 3.84. The number of aliphatic hydroxyl groups is 1. The lowest BCUT2D eigenvalue weighted by Crippen LogP contribution is -2.31. The normalized spacial score (nSPS) is 13.1. The Bertz CT molecular complexity index is 359. The summed E-state index contributed by atoms with van der Waals surface area (Å²) in [4.78, 5) is 33.3. The minimum absolute atomic E-state index is 0.117. The second-order valence-corrected chi connectivity index (χ2v) is 3.84. The molecular formula is C12H18O7. The first-order chi connectivity index (χ1) is 8.75. The molecule has 7 nitrogen and oxygen atoms in total. The highest BCUT2D eigenvalue weighted by Gasteiger charge is 2.21. The standard InChI is InChI=1S/C12H18O7/c1-7(2)10(14)17-5-6-18-12(16)9(4)19-11(15)8(3)13/h8-9,13H,1,5-6H2,2-4H3. The SMILES string of the molecule is C=C(C)C(=O)OCCOC(=O)C(C)OC(=O)C(C)O. The second kappa shape index (κ2) is 8.25. The molecule has 0 aliphatic carbocycles. The maximum absolute atomic E-state index is 11.3. The monoisotopic (exact) mass is 274 g/mol. The average Bonchev–Trinajstić information content (AvgIpc) is 2.33. The third-order valence-electron chi connectivity index (χ3n) is 1.88. The van der Waals surface area contributed by atoms with Gasteiger partial charge in [-0.3, -0.25) is 0 Å². The largest absolute Gasteiger partial charge is 0.459 e. The number of rotatable bonds is 7. The average molecular weight is 274 g/mol. The third kappa shape index (κ3) is 7.20. The summed E-state index contributed by atoms with van der Waals surface area (Å²) < 4.78 is 14.0. The van der Waals surface area contributed by atoms with E-state index in [2.05, 4.69) is 16.1 Å². The van der Waals surface area contributed by atoms with Gasteiger partial charge in [-0.1, -0.05) is 6.58 Å². The number of hydrogen-bond acceptors (Lipinski definition) is 7. The predicted molar refractivity (Wildman–Crippen MR) is 64.0 cm³/mol.